The van der Waals surface area contributed by atoms with Crippen LogP contribution < -0.4 is 0 Å². The van der Waals surface area contributed by atoms with Crippen molar-refractivity contribution in [1.29, 1.82) is 0 Å². The van der Waals surface area contributed by atoms with Crippen molar-refractivity contribution in [3.63, 3.8) is 0 Å². The summed E-state index contributed by atoms with van der Waals surface area (Å²) < 4.78 is 15.5. The fourth-order valence-electron chi connectivity index (χ4n) is 2.53. The van der Waals surface area contributed by atoms with Crippen molar-refractivity contribution in [1.82, 2.24) is 0 Å². The van der Waals surface area contributed by atoms with Gasteiger partial charge in [0, 0.05) is 0 Å². The van der Waals surface area contributed by atoms with Crippen LogP contribution in [0.3, 0.4) is 0 Å². The van der Waals surface area contributed by atoms with Crippen LogP contribution in [0.1, 0.15) is 20.7 Å². The summed E-state index contributed by atoms with van der Waals surface area (Å²) in [5, 5.41) is 9.40. The second kappa shape index (κ2) is 7.79. The highest BCUT2D eigenvalue weighted by molar-refractivity contribution is 5.93. The van der Waals surface area contributed by atoms with Crippen LogP contribution in [0.4, 0.5) is 0 Å². The molecule has 3 rings (SSSR count). The van der Waals surface area contributed by atoms with Crippen LogP contribution in [0, 0.1) is 0 Å². The largest absolute Gasteiger partial charge is 0.453 e. The summed E-state index contributed by atoms with van der Waals surface area (Å²) >= 11 is 0. The Morgan fingerprint density at radius 2 is 1.38 bits per heavy atom. The highest BCUT2D eigenvalue weighted by Gasteiger charge is 2.50. The van der Waals surface area contributed by atoms with Crippen molar-refractivity contribution in [2.24, 2.45) is 0 Å². The standard InChI is InChI=1S/C19H16O7/c20-11-14-15(25-17(21)12-7-3-1-4-8-12)16(19(23)24-14)26-18(22)13-9-5-2-6-10-13/h1-10,14-16,20H,11H2/t14-,15-,16-/m1/s1. The first-order chi connectivity index (χ1) is 12.6. The molecule has 0 bridgehead atoms. The van der Waals surface area contributed by atoms with Crippen LogP contribution in [0.15, 0.2) is 60.7 Å². The van der Waals surface area contributed by atoms with Crippen molar-refractivity contribution in [3.05, 3.63) is 71.8 Å². The lowest BCUT2D eigenvalue weighted by Crippen LogP contribution is -2.40. The number of aliphatic hydroxyl groups is 1. The Balaban J connectivity index is 1.77. The Morgan fingerprint density at radius 1 is 0.885 bits per heavy atom. The number of carbonyl (C=O) groups excluding carboxylic acids is 3. The first-order valence-corrected chi connectivity index (χ1v) is 7.93. The number of rotatable bonds is 5. The van der Waals surface area contributed by atoms with Gasteiger partial charge in [0.25, 0.3) is 0 Å². The van der Waals surface area contributed by atoms with Gasteiger partial charge < -0.3 is 19.3 Å². The summed E-state index contributed by atoms with van der Waals surface area (Å²) in [5.41, 5.74) is 0.498. The predicted octanol–water partition coefficient (Wildman–Crippen LogP) is 1.36. The van der Waals surface area contributed by atoms with Crippen molar-refractivity contribution in [2.45, 2.75) is 18.3 Å². The Bertz CT molecular complexity index is 788. The van der Waals surface area contributed by atoms with Crippen molar-refractivity contribution in [2.75, 3.05) is 6.61 Å². The van der Waals surface area contributed by atoms with E-state index in [1.807, 2.05) is 0 Å². The van der Waals surface area contributed by atoms with Crippen LogP contribution in [0.2, 0.25) is 0 Å². The second-order valence-corrected chi connectivity index (χ2v) is 5.59. The number of hydrogen-bond acceptors (Lipinski definition) is 7. The lowest BCUT2D eigenvalue weighted by molar-refractivity contribution is -0.148. The zero-order valence-corrected chi connectivity index (χ0v) is 13.6. The molecule has 0 aromatic heterocycles. The van der Waals surface area contributed by atoms with Crippen LogP contribution in [-0.4, -0.2) is 47.9 Å². The summed E-state index contributed by atoms with van der Waals surface area (Å²) in [6, 6.07) is 16.2. The molecule has 7 nitrogen and oxygen atoms in total. The summed E-state index contributed by atoms with van der Waals surface area (Å²) in [7, 11) is 0. The van der Waals surface area contributed by atoms with Crippen LogP contribution in [-0.2, 0) is 19.0 Å². The molecular formula is C19H16O7. The summed E-state index contributed by atoms with van der Waals surface area (Å²) in [6.07, 6.45) is -3.80. The van der Waals surface area contributed by atoms with Crippen molar-refractivity contribution in [3.8, 4) is 0 Å². The molecule has 1 N–H and O–H groups in total. The lowest BCUT2D eigenvalue weighted by Gasteiger charge is -2.20. The van der Waals surface area contributed by atoms with E-state index in [1.165, 1.54) is 12.1 Å². The van der Waals surface area contributed by atoms with Gasteiger partial charge in [-0.15, -0.1) is 0 Å². The fourth-order valence-corrected chi connectivity index (χ4v) is 2.53. The minimum absolute atomic E-state index is 0.237. The Labute approximate surface area is 149 Å². The molecule has 7 heteroatoms. The molecule has 26 heavy (non-hydrogen) atoms. The Morgan fingerprint density at radius 3 is 1.88 bits per heavy atom. The minimum atomic E-state index is -1.45. The third-order valence-electron chi connectivity index (χ3n) is 3.84. The number of hydrogen-bond donors (Lipinski definition) is 1. The number of cyclic esters (lactones) is 1. The van der Waals surface area contributed by atoms with Gasteiger partial charge in [0.2, 0.25) is 6.10 Å². The molecular weight excluding hydrogens is 340 g/mol. The van der Waals surface area contributed by atoms with Crippen LogP contribution >= 0.6 is 0 Å². The van der Waals surface area contributed by atoms with E-state index in [9.17, 15) is 19.5 Å². The highest BCUT2D eigenvalue weighted by Crippen LogP contribution is 2.24. The zero-order chi connectivity index (χ0) is 18.5. The highest BCUT2D eigenvalue weighted by atomic mass is 16.7. The molecule has 1 heterocycles. The summed E-state index contributed by atoms with van der Waals surface area (Å²) in [5.74, 6) is -2.35. The van der Waals surface area contributed by atoms with Gasteiger partial charge in [-0.2, -0.15) is 0 Å². The zero-order valence-electron chi connectivity index (χ0n) is 13.6. The molecule has 0 saturated carbocycles. The molecule has 1 fully saturated rings. The lowest BCUT2D eigenvalue weighted by atomic mass is 10.1. The van der Waals surface area contributed by atoms with Gasteiger partial charge in [0.1, 0.15) is 0 Å². The first kappa shape index (κ1) is 17.6. The normalized spacial score (nSPS) is 21.7. The molecule has 0 spiro atoms. The molecule has 1 aliphatic heterocycles. The van der Waals surface area contributed by atoms with E-state index >= 15 is 0 Å². The predicted molar refractivity (Wildman–Crippen MR) is 88.3 cm³/mol. The second-order valence-electron chi connectivity index (χ2n) is 5.59. The first-order valence-electron chi connectivity index (χ1n) is 7.93. The average molecular weight is 356 g/mol. The van der Waals surface area contributed by atoms with Gasteiger partial charge in [-0.25, -0.2) is 14.4 Å². The number of ether oxygens (including phenoxy) is 3. The topological polar surface area (TPSA) is 99.1 Å². The summed E-state index contributed by atoms with van der Waals surface area (Å²) in [4.78, 5) is 36.5. The number of benzene rings is 2. The van der Waals surface area contributed by atoms with Crippen LogP contribution in [0.25, 0.3) is 0 Å². The van der Waals surface area contributed by atoms with E-state index in [4.69, 9.17) is 14.2 Å². The van der Waals surface area contributed by atoms with Gasteiger partial charge in [0.15, 0.2) is 12.2 Å². The summed E-state index contributed by atoms with van der Waals surface area (Å²) in [6.45, 7) is -0.572. The monoisotopic (exact) mass is 356 g/mol. The average Bonchev–Trinajstić information content (AvgIpc) is 2.98. The maximum Gasteiger partial charge on any atom is 0.352 e. The molecule has 0 unspecified atom stereocenters. The van der Waals surface area contributed by atoms with Gasteiger partial charge in [-0.3, -0.25) is 0 Å². The number of esters is 3. The van der Waals surface area contributed by atoms with Gasteiger partial charge in [0.05, 0.1) is 17.7 Å². The van der Waals surface area contributed by atoms with Crippen molar-refractivity contribution >= 4 is 17.9 Å². The molecule has 1 aliphatic rings. The minimum Gasteiger partial charge on any atom is -0.453 e. The molecule has 0 radical (unpaired) electrons. The third kappa shape index (κ3) is 3.73. The molecule has 0 amide bonds. The van der Waals surface area contributed by atoms with Crippen molar-refractivity contribution < 1.29 is 33.7 Å². The Kier molecular flexibility index (Phi) is 5.28. The van der Waals surface area contributed by atoms with E-state index in [0.717, 1.165) is 0 Å². The van der Waals surface area contributed by atoms with E-state index in [1.54, 1.807) is 48.5 Å². The van der Waals surface area contributed by atoms with E-state index < -0.39 is 42.8 Å². The van der Waals surface area contributed by atoms with Crippen LogP contribution in [0.5, 0.6) is 0 Å². The van der Waals surface area contributed by atoms with E-state index in [0.29, 0.717) is 0 Å². The smallest absolute Gasteiger partial charge is 0.352 e. The van der Waals surface area contributed by atoms with E-state index in [2.05, 4.69) is 0 Å². The molecule has 0 aliphatic carbocycles. The number of aliphatic hydroxyl groups excluding tert-OH is 1. The van der Waals surface area contributed by atoms with Gasteiger partial charge in [-0.05, 0) is 24.3 Å². The molecule has 134 valence electrons. The van der Waals surface area contributed by atoms with Gasteiger partial charge >= 0.3 is 17.9 Å². The molecule has 3 atom stereocenters. The van der Waals surface area contributed by atoms with E-state index in [-0.39, 0.29) is 11.1 Å². The molecule has 1 saturated heterocycles. The maximum absolute atomic E-state index is 12.3. The SMILES string of the molecule is O=C(O[C@@H]1[C@@H](CO)OC(=O)[C@@H]1OC(=O)c1ccccc1)c1ccccc1. The molecule has 2 aromatic rings. The quantitative estimate of drug-likeness (QED) is 0.638. The van der Waals surface area contributed by atoms with Gasteiger partial charge in [-0.1, -0.05) is 36.4 Å². The Hall–Kier alpha value is -3.19. The number of carbonyl (C=O) groups is 3. The third-order valence-corrected chi connectivity index (χ3v) is 3.84. The molecule has 2 aromatic carbocycles. The fraction of sp³-hybridized carbons (Fsp3) is 0.211. The maximum atomic E-state index is 12.3.